The van der Waals surface area contributed by atoms with Gasteiger partial charge in [-0.05, 0) is 97.7 Å². The number of hydrogen-bond acceptors (Lipinski definition) is 2. The van der Waals surface area contributed by atoms with Gasteiger partial charge in [0.05, 0.1) is 5.69 Å². The van der Waals surface area contributed by atoms with E-state index in [0.29, 0.717) is 0 Å². The van der Waals surface area contributed by atoms with E-state index in [4.69, 9.17) is 4.42 Å². The number of rotatable bonds is 5. The Balaban J connectivity index is 1.18. The first-order valence-electron chi connectivity index (χ1n) is 17.7. The summed E-state index contributed by atoms with van der Waals surface area (Å²) in [5.74, 6) is 0. The lowest BCUT2D eigenvalue weighted by molar-refractivity contribution is 0.660. The molecule has 0 amide bonds. The van der Waals surface area contributed by atoms with Crippen LogP contribution < -0.4 is 4.90 Å². The molecule has 242 valence electrons. The van der Waals surface area contributed by atoms with E-state index in [9.17, 15) is 0 Å². The van der Waals surface area contributed by atoms with Gasteiger partial charge in [0.1, 0.15) is 5.58 Å². The molecule has 0 N–H and O–H groups in total. The van der Waals surface area contributed by atoms with E-state index in [1.165, 1.54) is 55.3 Å². The van der Waals surface area contributed by atoms with Gasteiger partial charge >= 0.3 is 0 Å². The summed E-state index contributed by atoms with van der Waals surface area (Å²) >= 11 is 0. The van der Waals surface area contributed by atoms with Crippen LogP contribution >= 0.6 is 0 Å². The lowest BCUT2D eigenvalue weighted by Gasteiger charge is -2.27. The summed E-state index contributed by atoms with van der Waals surface area (Å²) in [7, 11) is 0. The third-order valence-corrected chi connectivity index (χ3v) is 10.9. The number of fused-ring (bicyclic) bond motifs is 7. The summed E-state index contributed by atoms with van der Waals surface area (Å²) in [5.41, 5.74) is 15.0. The molecule has 9 aromatic rings. The fourth-order valence-corrected chi connectivity index (χ4v) is 8.30. The van der Waals surface area contributed by atoms with Crippen LogP contribution in [0.15, 0.2) is 180 Å². The lowest BCUT2D eigenvalue weighted by atomic mass is 9.82. The summed E-state index contributed by atoms with van der Waals surface area (Å²) in [5, 5.41) is 4.73. The van der Waals surface area contributed by atoms with E-state index in [1.54, 1.807) is 0 Å². The normalized spacial score (nSPS) is 13.1. The van der Waals surface area contributed by atoms with E-state index in [2.05, 4.69) is 189 Å². The second-order valence-electron chi connectivity index (χ2n) is 14.1. The third kappa shape index (κ3) is 4.64. The van der Waals surface area contributed by atoms with Crippen LogP contribution in [0, 0.1) is 0 Å². The first-order valence-corrected chi connectivity index (χ1v) is 17.7. The molecule has 0 saturated heterocycles. The molecule has 0 fully saturated rings. The van der Waals surface area contributed by atoms with Crippen molar-refractivity contribution in [1.29, 1.82) is 0 Å². The van der Waals surface area contributed by atoms with E-state index in [0.717, 1.165) is 39.0 Å². The van der Waals surface area contributed by atoms with Gasteiger partial charge < -0.3 is 9.32 Å². The summed E-state index contributed by atoms with van der Waals surface area (Å²) in [4.78, 5) is 2.37. The molecule has 2 nitrogen and oxygen atoms in total. The molecule has 0 saturated carbocycles. The topological polar surface area (TPSA) is 16.4 Å². The second-order valence-corrected chi connectivity index (χ2v) is 14.1. The van der Waals surface area contributed by atoms with Crippen LogP contribution in [0.5, 0.6) is 0 Å². The number of benzene rings is 8. The zero-order valence-corrected chi connectivity index (χ0v) is 28.6. The summed E-state index contributed by atoms with van der Waals surface area (Å²) < 4.78 is 6.66. The maximum Gasteiger partial charge on any atom is 0.159 e. The fraction of sp³-hybridized carbons (Fsp3) is 0.0612. The molecular weight excluding hydrogens is 619 g/mol. The van der Waals surface area contributed by atoms with Gasteiger partial charge in [0, 0.05) is 27.6 Å². The summed E-state index contributed by atoms with van der Waals surface area (Å²) in [6.07, 6.45) is 0. The van der Waals surface area contributed by atoms with Gasteiger partial charge in [0.15, 0.2) is 5.58 Å². The van der Waals surface area contributed by atoms with Crippen LogP contribution in [-0.2, 0) is 5.41 Å². The highest BCUT2D eigenvalue weighted by Crippen LogP contribution is 2.54. The van der Waals surface area contributed by atoms with Crippen molar-refractivity contribution in [2.75, 3.05) is 4.90 Å². The molecule has 8 aromatic carbocycles. The summed E-state index contributed by atoms with van der Waals surface area (Å²) in [6, 6.07) is 63.6. The van der Waals surface area contributed by atoms with Gasteiger partial charge in [-0.15, -0.1) is 0 Å². The summed E-state index contributed by atoms with van der Waals surface area (Å²) in [6.45, 7) is 4.70. The average Bonchev–Trinajstić information content (AvgIpc) is 3.68. The van der Waals surface area contributed by atoms with Crippen molar-refractivity contribution < 1.29 is 4.42 Å². The van der Waals surface area contributed by atoms with E-state index in [1.807, 2.05) is 6.07 Å². The molecule has 2 heteroatoms. The maximum absolute atomic E-state index is 6.66. The monoisotopic (exact) mass is 653 g/mol. The van der Waals surface area contributed by atoms with Gasteiger partial charge in [-0.25, -0.2) is 0 Å². The van der Waals surface area contributed by atoms with Crippen LogP contribution in [0.1, 0.15) is 25.0 Å². The maximum atomic E-state index is 6.66. The van der Waals surface area contributed by atoms with Crippen molar-refractivity contribution in [3.8, 4) is 33.4 Å². The van der Waals surface area contributed by atoms with Gasteiger partial charge in [0.2, 0.25) is 0 Å². The van der Waals surface area contributed by atoms with Crippen molar-refractivity contribution in [1.82, 2.24) is 0 Å². The van der Waals surface area contributed by atoms with Gasteiger partial charge in [-0.1, -0.05) is 147 Å². The van der Waals surface area contributed by atoms with Gasteiger partial charge in [-0.2, -0.15) is 0 Å². The Bertz CT molecular complexity index is 2770. The molecule has 1 aromatic heterocycles. The van der Waals surface area contributed by atoms with Crippen LogP contribution in [-0.4, -0.2) is 0 Å². The molecule has 1 aliphatic carbocycles. The van der Waals surface area contributed by atoms with Crippen LogP contribution in [0.3, 0.4) is 0 Å². The molecule has 0 spiro atoms. The number of para-hydroxylation sites is 2. The molecule has 0 unspecified atom stereocenters. The molecule has 0 atom stereocenters. The molecular formula is C49H35NO. The highest BCUT2D eigenvalue weighted by Gasteiger charge is 2.37. The Morgan fingerprint density at radius 3 is 2.02 bits per heavy atom. The fourth-order valence-electron chi connectivity index (χ4n) is 8.30. The van der Waals surface area contributed by atoms with Crippen molar-refractivity contribution >= 4 is 49.8 Å². The highest BCUT2D eigenvalue weighted by molar-refractivity contribution is 6.10. The van der Waals surface area contributed by atoms with E-state index < -0.39 is 0 Å². The second kappa shape index (κ2) is 11.3. The minimum atomic E-state index is -0.126. The lowest BCUT2D eigenvalue weighted by Crippen LogP contribution is -2.15. The SMILES string of the molecule is CC1(C)c2ccc(N(c3ccc(-c4ccc5ccccc5c4)cc3)c3cccc4c3oc3ccccc34)cc2-c2c(-c3ccccc3)cccc21. The van der Waals surface area contributed by atoms with Gasteiger partial charge in [0.25, 0.3) is 0 Å². The smallest absolute Gasteiger partial charge is 0.159 e. The van der Waals surface area contributed by atoms with Crippen molar-refractivity contribution in [3.63, 3.8) is 0 Å². The zero-order chi connectivity index (χ0) is 34.1. The Labute approximate surface area is 297 Å². The van der Waals surface area contributed by atoms with Crippen molar-refractivity contribution in [2.45, 2.75) is 19.3 Å². The van der Waals surface area contributed by atoms with Crippen molar-refractivity contribution in [2.24, 2.45) is 0 Å². The Morgan fingerprint density at radius 2 is 1.16 bits per heavy atom. The largest absolute Gasteiger partial charge is 0.454 e. The minimum absolute atomic E-state index is 0.126. The molecule has 1 aliphatic rings. The molecule has 0 aliphatic heterocycles. The Kier molecular flexibility index (Phi) is 6.56. The van der Waals surface area contributed by atoms with Crippen LogP contribution in [0.2, 0.25) is 0 Å². The molecule has 10 rings (SSSR count). The zero-order valence-electron chi connectivity index (χ0n) is 28.6. The Morgan fingerprint density at radius 1 is 0.451 bits per heavy atom. The number of nitrogens with zero attached hydrogens (tertiary/aromatic N) is 1. The van der Waals surface area contributed by atoms with Crippen molar-refractivity contribution in [3.05, 3.63) is 187 Å². The number of furan rings is 1. The molecule has 0 radical (unpaired) electrons. The minimum Gasteiger partial charge on any atom is -0.454 e. The van der Waals surface area contributed by atoms with Crippen LogP contribution in [0.25, 0.3) is 66.1 Å². The standard InChI is InChI=1S/C49H35NO/c1-49(2)43-29-28-38(31-42(43)47-39(17-10-19-44(47)49)34-13-4-3-5-14-34)50(45-20-11-18-41-40-16-8-9-21-46(40)51-48(41)45)37-26-24-33(25-27-37)36-23-22-32-12-6-7-15-35(32)30-36/h3-31H,1-2H3. The predicted molar refractivity (Wildman–Crippen MR) is 214 cm³/mol. The molecule has 1 heterocycles. The number of hydrogen-bond donors (Lipinski definition) is 0. The van der Waals surface area contributed by atoms with Gasteiger partial charge in [-0.3, -0.25) is 0 Å². The third-order valence-electron chi connectivity index (χ3n) is 10.9. The first kappa shape index (κ1) is 29.5. The van der Waals surface area contributed by atoms with E-state index in [-0.39, 0.29) is 5.41 Å². The first-order chi connectivity index (χ1) is 25.0. The van der Waals surface area contributed by atoms with E-state index >= 15 is 0 Å². The predicted octanol–water partition coefficient (Wildman–Crippen LogP) is 13.8. The molecule has 51 heavy (non-hydrogen) atoms. The Hall–Kier alpha value is -6.38. The quantitative estimate of drug-likeness (QED) is 0.184. The highest BCUT2D eigenvalue weighted by atomic mass is 16.3. The molecule has 0 bridgehead atoms. The average molecular weight is 654 g/mol. The van der Waals surface area contributed by atoms with Crippen LogP contribution in [0.4, 0.5) is 17.1 Å². The number of anilines is 3.